The average molecular weight is 378 g/mol. The van der Waals surface area contributed by atoms with Crippen LogP contribution in [0.5, 0.6) is 11.5 Å². The molecular weight excluding hydrogens is 356 g/mol. The Labute approximate surface area is 156 Å². The molecule has 0 radical (unpaired) electrons. The van der Waals surface area contributed by atoms with Gasteiger partial charge in [0.1, 0.15) is 6.54 Å². The van der Waals surface area contributed by atoms with Gasteiger partial charge < -0.3 is 14.7 Å². The van der Waals surface area contributed by atoms with Crippen molar-refractivity contribution in [3.05, 3.63) is 28.7 Å². The summed E-state index contributed by atoms with van der Waals surface area (Å²) in [5.41, 5.74) is 0.372. The smallest absolute Gasteiger partial charge is 0.294 e. The maximum absolute atomic E-state index is 12.5. The second-order valence-corrected chi connectivity index (χ2v) is 6.45. The number of thioether (sulfide) groups is 1. The van der Waals surface area contributed by atoms with Crippen molar-refractivity contribution >= 4 is 34.9 Å². The molecule has 0 bridgehead atoms. The zero-order chi connectivity index (χ0) is 19.3. The fourth-order valence-corrected chi connectivity index (χ4v) is 3.35. The SMILES string of the molecule is CCOc1cccc(/C=C2\SC(=O)N(CC(=O)N(CC)CC)C2=O)c1O. The molecular formula is C18H22N2O5S. The van der Waals surface area contributed by atoms with Gasteiger partial charge in [0, 0.05) is 18.7 Å². The van der Waals surface area contributed by atoms with Gasteiger partial charge in [0.05, 0.1) is 11.5 Å². The molecule has 7 nitrogen and oxygen atoms in total. The molecule has 3 amide bonds. The predicted molar refractivity (Wildman–Crippen MR) is 99.9 cm³/mol. The van der Waals surface area contributed by atoms with Crippen molar-refractivity contribution < 1.29 is 24.2 Å². The first-order valence-corrected chi connectivity index (χ1v) is 9.22. The van der Waals surface area contributed by atoms with Crippen LogP contribution in [-0.2, 0) is 9.59 Å². The van der Waals surface area contributed by atoms with E-state index in [0.29, 0.717) is 31.0 Å². The minimum Gasteiger partial charge on any atom is -0.504 e. The second-order valence-electron chi connectivity index (χ2n) is 5.46. The standard InChI is InChI=1S/C18H22N2O5S/c1-4-19(5-2)15(21)11-20-17(23)14(26-18(20)24)10-12-8-7-9-13(16(12)22)25-6-3/h7-10,22H,4-6,11H2,1-3H3/b14-10-. The van der Waals surface area contributed by atoms with Crippen LogP contribution in [0.4, 0.5) is 4.79 Å². The van der Waals surface area contributed by atoms with E-state index in [4.69, 9.17) is 4.74 Å². The molecule has 1 aliphatic rings. The molecule has 0 aromatic heterocycles. The maximum atomic E-state index is 12.5. The van der Waals surface area contributed by atoms with Gasteiger partial charge in [0.15, 0.2) is 11.5 Å². The third-order valence-corrected chi connectivity index (χ3v) is 4.81. The van der Waals surface area contributed by atoms with E-state index in [9.17, 15) is 19.5 Å². The number of benzene rings is 1. The lowest BCUT2D eigenvalue weighted by Crippen LogP contribution is -2.41. The number of imide groups is 1. The number of aromatic hydroxyl groups is 1. The number of carbonyl (C=O) groups excluding carboxylic acids is 3. The number of hydrogen-bond acceptors (Lipinski definition) is 6. The molecule has 0 saturated carbocycles. The van der Waals surface area contributed by atoms with E-state index in [2.05, 4.69) is 0 Å². The summed E-state index contributed by atoms with van der Waals surface area (Å²) in [5, 5.41) is 9.73. The first kappa shape index (κ1) is 19.8. The summed E-state index contributed by atoms with van der Waals surface area (Å²) in [7, 11) is 0. The highest BCUT2D eigenvalue weighted by molar-refractivity contribution is 8.18. The van der Waals surface area contributed by atoms with Gasteiger partial charge in [-0.1, -0.05) is 12.1 Å². The third-order valence-electron chi connectivity index (χ3n) is 3.90. The lowest BCUT2D eigenvalue weighted by Gasteiger charge is -2.21. The number of rotatable bonds is 7. The number of phenols is 1. The fourth-order valence-electron chi connectivity index (χ4n) is 2.52. The van der Waals surface area contributed by atoms with Crippen LogP contribution in [0.25, 0.3) is 6.08 Å². The van der Waals surface area contributed by atoms with Crippen molar-refractivity contribution in [1.82, 2.24) is 9.80 Å². The fraction of sp³-hybridized carbons (Fsp3) is 0.389. The summed E-state index contributed by atoms with van der Waals surface area (Å²) in [4.78, 5) is 39.5. The molecule has 1 N–H and O–H groups in total. The molecule has 8 heteroatoms. The third kappa shape index (κ3) is 4.19. The molecule has 26 heavy (non-hydrogen) atoms. The Morgan fingerprint density at radius 1 is 1.27 bits per heavy atom. The average Bonchev–Trinajstić information content (AvgIpc) is 2.87. The van der Waals surface area contributed by atoms with Gasteiger partial charge in [-0.25, -0.2) is 0 Å². The lowest BCUT2D eigenvalue weighted by molar-refractivity contribution is -0.135. The monoisotopic (exact) mass is 378 g/mol. The first-order valence-electron chi connectivity index (χ1n) is 8.40. The topological polar surface area (TPSA) is 87.2 Å². The van der Waals surface area contributed by atoms with Crippen LogP contribution in [0.15, 0.2) is 23.1 Å². The second kappa shape index (κ2) is 8.75. The summed E-state index contributed by atoms with van der Waals surface area (Å²) < 4.78 is 5.32. The summed E-state index contributed by atoms with van der Waals surface area (Å²) in [6.45, 7) is 6.60. The molecule has 1 fully saturated rings. The largest absolute Gasteiger partial charge is 0.504 e. The summed E-state index contributed by atoms with van der Waals surface area (Å²) in [6, 6.07) is 4.92. The van der Waals surface area contributed by atoms with E-state index in [0.717, 1.165) is 16.7 Å². The van der Waals surface area contributed by atoms with Crippen LogP contribution in [0.3, 0.4) is 0 Å². The molecule has 1 aromatic rings. The van der Waals surface area contributed by atoms with Crippen molar-refractivity contribution in [2.24, 2.45) is 0 Å². The Kier molecular flexibility index (Phi) is 6.68. The maximum Gasteiger partial charge on any atom is 0.294 e. The molecule has 0 spiro atoms. The minimum absolute atomic E-state index is 0.0969. The van der Waals surface area contributed by atoms with Gasteiger partial charge in [-0.2, -0.15) is 0 Å². The van der Waals surface area contributed by atoms with Crippen LogP contribution in [0.2, 0.25) is 0 Å². The number of para-hydroxylation sites is 1. The van der Waals surface area contributed by atoms with E-state index in [1.165, 1.54) is 6.08 Å². The summed E-state index contributed by atoms with van der Waals surface area (Å²) in [6.07, 6.45) is 1.44. The quantitative estimate of drug-likeness (QED) is 0.734. The lowest BCUT2D eigenvalue weighted by atomic mass is 10.1. The van der Waals surface area contributed by atoms with E-state index < -0.39 is 11.1 Å². The molecule has 2 rings (SSSR count). The highest BCUT2D eigenvalue weighted by Crippen LogP contribution is 2.36. The van der Waals surface area contributed by atoms with Gasteiger partial charge in [-0.3, -0.25) is 19.3 Å². The Hall–Kier alpha value is -2.48. The zero-order valence-corrected chi connectivity index (χ0v) is 15.8. The highest BCUT2D eigenvalue weighted by atomic mass is 32.2. The van der Waals surface area contributed by atoms with Crippen molar-refractivity contribution in [1.29, 1.82) is 0 Å². The van der Waals surface area contributed by atoms with E-state index in [1.807, 2.05) is 13.8 Å². The Morgan fingerprint density at radius 3 is 2.58 bits per heavy atom. The minimum atomic E-state index is -0.540. The van der Waals surface area contributed by atoms with Gasteiger partial charge >= 0.3 is 0 Å². The van der Waals surface area contributed by atoms with Crippen LogP contribution in [-0.4, -0.2) is 58.2 Å². The van der Waals surface area contributed by atoms with Crippen molar-refractivity contribution in [2.75, 3.05) is 26.2 Å². The van der Waals surface area contributed by atoms with E-state index in [-0.39, 0.29) is 23.1 Å². The van der Waals surface area contributed by atoms with Gasteiger partial charge in [0.2, 0.25) is 5.91 Å². The Morgan fingerprint density at radius 2 is 1.96 bits per heavy atom. The number of amides is 3. The van der Waals surface area contributed by atoms with E-state index >= 15 is 0 Å². The van der Waals surface area contributed by atoms with Crippen LogP contribution in [0.1, 0.15) is 26.3 Å². The van der Waals surface area contributed by atoms with Crippen LogP contribution in [0, 0.1) is 0 Å². The van der Waals surface area contributed by atoms with E-state index in [1.54, 1.807) is 30.0 Å². The molecule has 1 heterocycles. The molecule has 0 unspecified atom stereocenters. The van der Waals surface area contributed by atoms with Gasteiger partial charge in [-0.05, 0) is 44.7 Å². The van der Waals surface area contributed by atoms with Gasteiger partial charge in [0.25, 0.3) is 11.1 Å². The van der Waals surface area contributed by atoms with Crippen LogP contribution < -0.4 is 4.74 Å². The van der Waals surface area contributed by atoms with Crippen molar-refractivity contribution in [3.8, 4) is 11.5 Å². The van der Waals surface area contributed by atoms with Crippen LogP contribution >= 0.6 is 11.8 Å². The summed E-state index contributed by atoms with van der Waals surface area (Å²) >= 11 is 0.749. The Bertz CT molecular complexity index is 743. The van der Waals surface area contributed by atoms with Crippen molar-refractivity contribution in [2.45, 2.75) is 20.8 Å². The number of hydrogen-bond donors (Lipinski definition) is 1. The molecule has 1 saturated heterocycles. The molecule has 1 aromatic carbocycles. The number of ether oxygens (including phenoxy) is 1. The molecule has 1 aliphatic heterocycles. The first-order chi connectivity index (χ1) is 12.4. The number of nitrogens with zero attached hydrogens (tertiary/aromatic N) is 2. The number of phenolic OH excluding ortho intramolecular Hbond substituents is 1. The normalized spacial score (nSPS) is 15.7. The van der Waals surface area contributed by atoms with Crippen molar-refractivity contribution in [3.63, 3.8) is 0 Å². The highest BCUT2D eigenvalue weighted by Gasteiger charge is 2.37. The predicted octanol–water partition coefficient (Wildman–Crippen LogP) is 2.70. The molecule has 0 aliphatic carbocycles. The summed E-state index contributed by atoms with van der Waals surface area (Å²) in [5.74, 6) is -0.612. The zero-order valence-electron chi connectivity index (χ0n) is 15.0. The van der Waals surface area contributed by atoms with Gasteiger partial charge in [-0.15, -0.1) is 0 Å². The molecule has 0 atom stereocenters. The number of likely N-dealkylation sites (N-methyl/N-ethyl adjacent to an activating group) is 1. The number of carbonyl (C=O) groups is 3. The Balaban J connectivity index is 2.22. The molecule has 140 valence electrons.